The number of hydrogen-bond acceptors (Lipinski definition) is 3. The van der Waals surface area contributed by atoms with Crippen molar-refractivity contribution in [3.05, 3.63) is 47.5 Å². The van der Waals surface area contributed by atoms with E-state index in [1.807, 2.05) is 12.1 Å². The second-order valence-corrected chi connectivity index (χ2v) is 3.61. The predicted molar refractivity (Wildman–Crippen MR) is 58.7 cm³/mol. The molecule has 0 aliphatic rings. The van der Waals surface area contributed by atoms with Gasteiger partial charge in [-0.3, -0.25) is 9.67 Å². The molecule has 2 heterocycles. The van der Waals surface area contributed by atoms with E-state index in [0.29, 0.717) is 11.6 Å². The maximum atomic E-state index is 5.81. The van der Waals surface area contributed by atoms with Crippen molar-refractivity contribution in [1.29, 1.82) is 0 Å². The van der Waals surface area contributed by atoms with Crippen LogP contribution in [0.5, 0.6) is 0 Å². The van der Waals surface area contributed by atoms with Gasteiger partial charge in [0.05, 0.1) is 17.3 Å². The predicted octanol–water partition coefficient (Wildman–Crippen LogP) is 1.48. The molecule has 2 N–H and O–H groups in total. The SMILES string of the molecule is NCC(c1ccncc1)n1cc(Cl)cn1. The van der Waals surface area contributed by atoms with Gasteiger partial charge in [0, 0.05) is 25.1 Å². The lowest BCUT2D eigenvalue weighted by Crippen LogP contribution is -2.20. The van der Waals surface area contributed by atoms with Crippen LogP contribution < -0.4 is 5.73 Å². The van der Waals surface area contributed by atoms with Gasteiger partial charge in [0.1, 0.15) is 0 Å². The van der Waals surface area contributed by atoms with Gasteiger partial charge in [-0.1, -0.05) is 11.6 Å². The lowest BCUT2D eigenvalue weighted by atomic mass is 10.1. The molecule has 0 bridgehead atoms. The summed E-state index contributed by atoms with van der Waals surface area (Å²) in [6.45, 7) is 0.474. The first-order chi connectivity index (χ1) is 7.31. The Bertz CT molecular complexity index is 426. The van der Waals surface area contributed by atoms with E-state index in [2.05, 4.69) is 10.1 Å². The highest BCUT2D eigenvalue weighted by Crippen LogP contribution is 2.17. The molecule has 4 nitrogen and oxygen atoms in total. The number of nitrogens with two attached hydrogens (primary N) is 1. The van der Waals surface area contributed by atoms with Crippen LogP contribution in [-0.2, 0) is 0 Å². The summed E-state index contributed by atoms with van der Waals surface area (Å²) < 4.78 is 1.76. The molecule has 1 unspecified atom stereocenters. The number of halogens is 1. The molecule has 0 aliphatic heterocycles. The van der Waals surface area contributed by atoms with E-state index >= 15 is 0 Å². The Balaban J connectivity index is 2.33. The van der Waals surface area contributed by atoms with Gasteiger partial charge < -0.3 is 5.73 Å². The molecule has 0 fully saturated rings. The highest BCUT2D eigenvalue weighted by Gasteiger charge is 2.12. The lowest BCUT2D eigenvalue weighted by Gasteiger charge is -2.15. The van der Waals surface area contributed by atoms with Crippen molar-refractivity contribution >= 4 is 11.6 Å². The average Bonchev–Trinajstić information content (AvgIpc) is 2.68. The minimum atomic E-state index is 0.0144. The summed E-state index contributed by atoms with van der Waals surface area (Å²) in [4.78, 5) is 3.96. The molecule has 2 aromatic heterocycles. The average molecular weight is 223 g/mol. The van der Waals surface area contributed by atoms with E-state index in [0.717, 1.165) is 5.56 Å². The van der Waals surface area contributed by atoms with Gasteiger partial charge in [-0.25, -0.2) is 0 Å². The lowest BCUT2D eigenvalue weighted by molar-refractivity contribution is 0.531. The fourth-order valence-electron chi connectivity index (χ4n) is 1.47. The summed E-state index contributed by atoms with van der Waals surface area (Å²) in [5.74, 6) is 0. The summed E-state index contributed by atoms with van der Waals surface area (Å²) in [6, 6.07) is 3.86. The van der Waals surface area contributed by atoms with Crippen molar-refractivity contribution in [2.45, 2.75) is 6.04 Å². The molecule has 2 aromatic rings. The van der Waals surface area contributed by atoms with Crippen LogP contribution in [0.25, 0.3) is 0 Å². The van der Waals surface area contributed by atoms with E-state index in [1.165, 1.54) is 0 Å². The Morgan fingerprint density at radius 3 is 2.67 bits per heavy atom. The molecule has 1 atom stereocenters. The Morgan fingerprint density at radius 1 is 1.40 bits per heavy atom. The standard InChI is InChI=1S/C10H11ClN4/c11-9-6-14-15(7-9)10(5-12)8-1-3-13-4-2-8/h1-4,6-7,10H,5,12H2. The summed E-state index contributed by atoms with van der Waals surface area (Å²) >= 11 is 5.81. The summed E-state index contributed by atoms with van der Waals surface area (Å²) in [5.41, 5.74) is 6.80. The molecule has 15 heavy (non-hydrogen) atoms. The van der Waals surface area contributed by atoms with Gasteiger partial charge in [-0.2, -0.15) is 5.10 Å². The smallest absolute Gasteiger partial charge is 0.0892 e. The van der Waals surface area contributed by atoms with Gasteiger partial charge >= 0.3 is 0 Å². The van der Waals surface area contributed by atoms with Crippen LogP contribution in [-0.4, -0.2) is 21.3 Å². The monoisotopic (exact) mass is 222 g/mol. The van der Waals surface area contributed by atoms with Crippen LogP contribution >= 0.6 is 11.6 Å². The number of rotatable bonds is 3. The zero-order chi connectivity index (χ0) is 10.7. The van der Waals surface area contributed by atoms with Crippen LogP contribution in [0, 0.1) is 0 Å². The summed E-state index contributed by atoms with van der Waals surface area (Å²) in [6.07, 6.45) is 6.84. The fourth-order valence-corrected chi connectivity index (χ4v) is 1.61. The number of aromatic nitrogens is 3. The Morgan fingerprint density at radius 2 is 2.13 bits per heavy atom. The second-order valence-electron chi connectivity index (χ2n) is 3.17. The molecule has 78 valence electrons. The Kier molecular flexibility index (Phi) is 2.99. The van der Waals surface area contributed by atoms with Crippen LogP contribution in [0.3, 0.4) is 0 Å². The minimum Gasteiger partial charge on any atom is -0.328 e. The molecule has 0 spiro atoms. The molecule has 0 aliphatic carbocycles. The van der Waals surface area contributed by atoms with Crippen LogP contribution in [0.1, 0.15) is 11.6 Å². The molecular formula is C10H11ClN4. The molecule has 2 rings (SSSR count). The van der Waals surface area contributed by atoms with E-state index in [9.17, 15) is 0 Å². The highest BCUT2D eigenvalue weighted by atomic mass is 35.5. The van der Waals surface area contributed by atoms with Crippen molar-refractivity contribution < 1.29 is 0 Å². The van der Waals surface area contributed by atoms with E-state index < -0.39 is 0 Å². The molecule has 5 heteroatoms. The van der Waals surface area contributed by atoms with Gasteiger partial charge in [0.15, 0.2) is 0 Å². The fraction of sp³-hybridized carbons (Fsp3) is 0.200. The maximum absolute atomic E-state index is 5.81. The first-order valence-electron chi connectivity index (χ1n) is 4.61. The molecule has 0 aromatic carbocycles. The summed E-state index contributed by atoms with van der Waals surface area (Å²) in [5, 5.41) is 4.76. The Hall–Kier alpha value is -1.39. The van der Waals surface area contributed by atoms with Crippen molar-refractivity contribution in [2.24, 2.45) is 5.73 Å². The van der Waals surface area contributed by atoms with Crippen molar-refractivity contribution in [3.8, 4) is 0 Å². The molecule has 0 radical (unpaired) electrons. The number of pyridine rings is 1. The first kappa shape index (κ1) is 10.1. The molecule has 0 amide bonds. The molecule has 0 saturated heterocycles. The van der Waals surface area contributed by atoms with Gasteiger partial charge in [-0.05, 0) is 17.7 Å². The van der Waals surface area contributed by atoms with Crippen molar-refractivity contribution in [2.75, 3.05) is 6.54 Å². The number of hydrogen-bond donors (Lipinski definition) is 1. The Labute approximate surface area is 92.7 Å². The topological polar surface area (TPSA) is 56.7 Å². The third-order valence-corrected chi connectivity index (χ3v) is 2.40. The quantitative estimate of drug-likeness (QED) is 0.856. The van der Waals surface area contributed by atoms with Crippen LogP contribution in [0.4, 0.5) is 0 Å². The zero-order valence-electron chi connectivity index (χ0n) is 8.05. The maximum Gasteiger partial charge on any atom is 0.0892 e. The largest absolute Gasteiger partial charge is 0.328 e. The summed E-state index contributed by atoms with van der Waals surface area (Å²) in [7, 11) is 0. The normalized spacial score (nSPS) is 12.7. The van der Waals surface area contributed by atoms with E-state index in [4.69, 9.17) is 17.3 Å². The zero-order valence-corrected chi connectivity index (χ0v) is 8.80. The highest BCUT2D eigenvalue weighted by molar-refractivity contribution is 6.30. The van der Waals surface area contributed by atoms with Crippen LogP contribution in [0.15, 0.2) is 36.9 Å². The second kappa shape index (κ2) is 4.42. The third-order valence-electron chi connectivity index (χ3n) is 2.20. The first-order valence-corrected chi connectivity index (χ1v) is 4.98. The van der Waals surface area contributed by atoms with Crippen molar-refractivity contribution in [1.82, 2.24) is 14.8 Å². The minimum absolute atomic E-state index is 0.0144. The van der Waals surface area contributed by atoms with E-state index in [1.54, 1.807) is 29.5 Å². The molecular weight excluding hydrogens is 212 g/mol. The van der Waals surface area contributed by atoms with Gasteiger partial charge in [0.25, 0.3) is 0 Å². The van der Waals surface area contributed by atoms with Gasteiger partial charge in [-0.15, -0.1) is 0 Å². The van der Waals surface area contributed by atoms with Crippen LogP contribution in [0.2, 0.25) is 5.02 Å². The molecule has 0 saturated carbocycles. The van der Waals surface area contributed by atoms with E-state index in [-0.39, 0.29) is 6.04 Å². The number of nitrogens with zero attached hydrogens (tertiary/aromatic N) is 3. The third kappa shape index (κ3) is 2.16. The van der Waals surface area contributed by atoms with Gasteiger partial charge in [0.2, 0.25) is 0 Å². The van der Waals surface area contributed by atoms with Crippen molar-refractivity contribution in [3.63, 3.8) is 0 Å².